The van der Waals surface area contributed by atoms with Gasteiger partial charge in [0.2, 0.25) is 10.0 Å². The molecule has 20 heavy (non-hydrogen) atoms. The van der Waals surface area contributed by atoms with E-state index in [1.807, 2.05) is 6.92 Å². The van der Waals surface area contributed by atoms with Gasteiger partial charge in [0, 0.05) is 12.6 Å². The first-order valence-corrected chi connectivity index (χ1v) is 8.32. The lowest BCUT2D eigenvalue weighted by Crippen LogP contribution is -2.40. The maximum atomic E-state index is 12.3. The molecule has 114 valence electrons. The number of aryl methyl sites for hydroxylation is 1. The Balaban J connectivity index is 2.05. The minimum atomic E-state index is -3.65. The molecule has 1 aliphatic rings. The molecule has 1 aromatic rings. The number of aromatic nitrogens is 2. The SMILES string of the molecule is Cc1[nH]nc(CO)c1S(=O)(=O)NCC(C)N1CCCC1. The van der Waals surface area contributed by atoms with Gasteiger partial charge in [0.25, 0.3) is 0 Å². The molecule has 0 aliphatic carbocycles. The molecular formula is C12H22N4O3S. The van der Waals surface area contributed by atoms with Crippen LogP contribution in [0.3, 0.4) is 0 Å². The number of aromatic amines is 1. The molecule has 0 aromatic carbocycles. The number of nitrogens with zero attached hydrogens (tertiary/aromatic N) is 2. The third-order valence-corrected chi connectivity index (χ3v) is 5.34. The molecule has 1 unspecified atom stereocenters. The van der Waals surface area contributed by atoms with Crippen LogP contribution in [0.2, 0.25) is 0 Å². The molecule has 3 N–H and O–H groups in total. The summed E-state index contributed by atoms with van der Waals surface area (Å²) in [6.07, 6.45) is 2.35. The average Bonchev–Trinajstić information content (AvgIpc) is 3.05. The summed E-state index contributed by atoms with van der Waals surface area (Å²) in [5.74, 6) is 0. The highest BCUT2D eigenvalue weighted by Gasteiger charge is 2.25. The lowest BCUT2D eigenvalue weighted by molar-refractivity contribution is 0.259. The number of hydrogen-bond donors (Lipinski definition) is 3. The molecule has 1 aromatic heterocycles. The highest BCUT2D eigenvalue weighted by molar-refractivity contribution is 7.89. The number of likely N-dealkylation sites (tertiary alicyclic amines) is 1. The van der Waals surface area contributed by atoms with E-state index in [1.54, 1.807) is 6.92 Å². The van der Waals surface area contributed by atoms with E-state index in [9.17, 15) is 8.42 Å². The zero-order chi connectivity index (χ0) is 14.8. The summed E-state index contributed by atoms with van der Waals surface area (Å²) in [6, 6.07) is 0.164. The molecule has 0 bridgehead atoms. The molecule has 0 saturated carbocycles. The quantitative estimate of drug-likeness (QED) is 0.685. The Bertz CT molecular complexity index is 549. The number of nitrogens with one attached hydrogen (secondary N) is 2. The second kappa shape index (κ2) is 6.21. The van der Waals surface area contributed by atoms with Gasteiger partial charge in [0.1, 0.15) is 10.6 Å². The fraction of sp³-hybridized carbons (Fsp3) is 0.750. The van der Waals surface area contributed by atoms with Crippen molar-refractivity contribution in [2.24, 2.45) is 0 Å². The predicted octanol–water partition coefficient (Wildman–Crippen LogP) is -0.0270. The Kier molecular flexibility index (Phi) is 4.79. The third-order valence-electron chi connectivity index (χ3n) is 3.71. The number of H-pyrrole nitrogens is 1. The second-order valence-corrected chi connectivity index (χ2v) is 6.93. The molecule has 0 amide bonds. The van der Waals surface area contributed by atoms with Crippen LogP contribution in [0, 0.1) is 6.92 Å². The largest absolute Gasteiger partial charge is 0.390 e. The zero-order valence-corrected chi connectivity index (χ0v) is 12.7. The van der Waals surface area contributed by atoms with Crippen molar-refractivity contribution in [2.45, 2.75) is 44.2 Å². The van der Waals surface area contributed by atoms with E-state index in [4.69, 9.17) is 5.11 Å². The standard InChI is InChI=1S/C12H22N4O3S/c1-9(16-5-3-4-6-16)7-13-20(18,19)12-10(2)14-15-11(12)8-17/h9,13,17H,3-8H2,1-2H3,(H,14,15). The van der Waals surface area contributed by atoms with Crippen LogP contribution in [0.1, 0.15) is 31.2 Å². The van der Waals surface area contributed by atoms with Crippen LogP contribution < -0.4 is 4.72 Å². The first-order chi connectivity index (χ1) is 9.45. The van der Waals surface area contributed by atoms with Gasteiger partial charge in [-0.25, -0.2) is 13.1 Å². The number of aliphatic hydroxyl groups excluding tert-OH is 1. The normalized spacial score (nSPS) is 18.6. The molecule has 2 rings (SSSR count). The van der Waals surface area contributed by atoms with Crippen molar-refractivity contribution < 1.29 is 13.5 Å². The third kappa shape index (κ3) is 3.20. The number of rotatable bonds is 6. The monoisotopic (exact) mass is 302 g/mol. The number of aliphatic hydroxyl groups is 1. The van der Waals surface area contributed by atoms with Crippen molar-refractivity contribution in [1.82, 2.24) is 19.8 Å². The smallest absolute Gasteiger partial charge is 0.244 e. The maximum Gasteiger partial charge on any atom is 0.244 e. The molecular weight excluding hydrogens is 280 g/mol. The van der Waals surface area contributed by atoms with Crippen molar-refractivity contribution in [3.8, 4) is 0 Å². The fourth-order valence-corrected chi connectivity index (χ4v) is 4.02. The van der Waals surface area contributed by atoms with Crippen molar-refractivity contribution in [1.29, 1.82) is 0 Å². The predicted molar refractivity (Wildman–Crippen MR) is 74.7 cm³/mol. The van der Waals surface area contributed by atoms with E-state index in [-0.39, 0.29) is 16.6 Å². The highest BCUT2D eigenvalue weighted by Crippen LogP contribution is 2.18. The van der Waals surface area contributed by atoms with Gasteiger partial charge in [-0.2, -0.15) is 5.10 Å². The molecule has 8 heteroatoms. The molecule has 1 atom stereocenters. The first kappa shape index (κ1) is 15.4. The maximum absolute atomic E-state index is 12.3. The number of sulfonamides is 1. The van der Waals surface area contributed by atoms with E-state index in [0.717, 1.165) is 13.1 Å². The molecule has 1 saturated heterocycles. The molecule has 7 nitrogen and oxygen atoms in total. The Labute approximate surface area is 119 Å². The van der Waals surface area contributed by atoms with Crippen LogP contribution in [0.5, 0.6) is 0 Å². The van der Waals surface area contributed by atoms with Crippen molar-refractivity contribution in [3.63, 3.8) is 0 Å². The van der Waals surface area contributed by atoms with Crippen LogP contribution in [0.15, 0.2) is 4.90 Å². The Morgan fingerprint density at radius 2 is 2.10 bits per heavy atom. The van der Waals surface area contributed by atoms with Gasteiger partial charge < -0.3 is 5.11 Å². The zero-order valence-electron chi connectivity index (χ0n) is 11.9. The van der Waals surface area contributed by atoms with Gasteiger partial charge in [0.15, 0.2) is 0 Å². The lowest BCUT2D eigenvalue weighted by Gasteiger charge is -2.23. The van der Waals surface area contributed by atoms with Crippen LogP contribution in [0.4, 0.5) is 0 Å². The van der Waals surface area contributed by atoms with Crippen LogP contribution in [0.25, 0.3) is 0 Å². The molecule has 2 heterocycles. The lowest BCUT2D eigenvalue weighted by atomic mass is 10.3. The second-order valence-electron chi connectivity index (χ2n) is 5.23. The molecule has 0 radical (unpaired) electrons. The number of hydrogen-bond acceptors (Lipinski definition) is 5. The van der Waals surface area contributed by atoms with Gasteiger partial charge in [-0.1, -0.05) is 0 Å². The van der Waals surface area contributed by atoms with E-state index in [2.05, 4.69) is 19.8 Å². The van der Waals surface area contributed by atoms with Crippen LogP contribution in [-0.2, 0) is 16.6 Å². The van der Waals surface area contributed by atoms with E-state index in [0.29, 0.717) is 12.2 Å². The highest BCUT2D eigenvalue weighted by atomic mass is 32.2. The Hall–Kier alpha value is -0.960. The van der Waals surface area contributed by atoms with Crippen molar-refractivity contribution in [2.75, 3.05) is 19.6 Å². The van der Waals surface area contributed by atoms with Crippen molar-refractivity contribution in [3.05, 3.63) is 11.4 Å². The van der Waals surface area contributed by atoms with E-state index < -0.39 is 16.6 Å². The first-order valence-electron chi connectivity index (χ1n) is 6.84. The summed E-state index contributed by atoms with van der Waals surface area (Å²) >= 11 is 0. The summed E-state index contributed by atoms with van der Waals surface area (Å²) in [5, 5.41) is 15.6. The van der Waals surface area contributed by atoms with Crippen LogP contribution >= 0.6 is 0 Å². The van der Waals surface area contributed by atoms with Gasteiger partial charge in [0.05, 0.1) is 12.3 Å². The average molecular weight is 302 g/mol. The van der Waals surface area contributed by atoms with Crippen molar-refractivity contribution >= 4 is 10.0 Å². The summed E-state index contributed by atoms with van der Waals surface area (Å²) in [6.45, 7) is 5.65. The molecule has 1 fully saturated rings. The van der Waals surface area contributed by atoms with Gasteiger partial charge >= 0.3 is 0 Å². The topological polar surface area (TPSA) is 98.3 Å². The Morgan fingerprint density at radius 1 is 1.45 bits per heavy atom. The summed E-state index contributed by atoms with van der Waals surface area (Å²) < 4.78 is 27.2. The fourth-order valence-electron chi connectivity index (χ4n) is 2.55. The molecule has 0 spiro atoms. The van der Waals surface area contributed by atoms with Crippen LogP contribution in [-0.4, -0.2) is 54.3 Å². The Morgan fingerprint density at radius 3 is 2.70 bits per heavy atom. The minimum absolute atomic E-state index is 0.0635. The van der Waals surface area contributed by atoms with Gasteiger partial charge in [-0.15, -0.1) is 0 Å². The van der Waals surface area contributed by atoms with E-state index >= 15 is 0 Å². The summed E-state index contributed by atoms with van der Waals surface area (Å²) in [5.41, 5.74) is 0.596. The summed E-state index contributed by atoms with van der Waals surface area (Å²) in [4.78, 5) is 2.34. The minimum Gasteiger partial charge on any atom is -0.390 e. The molecule has 1 aliphatic heterocycles. The van der Waals surface area contributed by atoms with Gasteiger partial charge in [-0.3, -0.25) is 10.00 Å². The van der Waals surface area contributed by atoms with E-state index in [1.165, 1.54) is 12.8 Å². The summed E-state index contributed by atoms with van der Waals surface area (Å²) in [7, 11) is -3.65. The van der Waals surface area contributed by atoms with Gasteiger partial charge in [-0.05, 0) is 39.8 Å².